The number of hydrogen-bond acceptors (Lipinski definition) is 5. The summed E-state index contributed by atoms with van der Waals surface area (Å²) in [6, 6.07) is 7.63. The standard InChI is InChI=1S/C18H20N4O2/c1-12(2)24-17-14(5-3-9-20-17)18(23)22-13-7-10-21(11-13)15-6-4-8-19-16(15)22/h3-6,8-9,12-13H,7,10-11H2,1-2H3. The molecule has 2 aromatic heterocycles. The molecule has 0 N–H and O–H groups in total. The minimum absolute atomic E-state index is 0.0415. The van der Waals surface area contributed by atoms with Crippen molar-refractivity contribution in [3.63, 3.8) is 0 Å². The van der Waals surface area contributed by atoms with Gasteiger partial charge in [-0.15, -0.1) is 0 Å². The van der Waals surface area contributed by atoms with Crippen LogP contribution in [-0.2, 0) is 0 Å². The van der Waals surface area contributed by atoms with Crippen LogP contribution in [0.3, 0.4) is 0 Å². The molecule has 0 radical (unpaired) electrons. The van der Waals surface area contributed by atoms with Gasteiger partial charge in [-0.25, -0.2) is 9.97 Å². The van der Waals surface area contributed by atoms with Crippen LogP contribution in [0, 0.1) is 0 Å². The number of hydrogen-bond donors (Lipinski definition) is 0. The van der Waals surface area contributed by atoms with Crippen molar-refractivity contribution >= 4 is 17.4 Å². The van der Waals surface area contributed by atoms with Crippen LogP contribution in [0.15, 0.2) is 36.7 Å². The van der Waals surface area contributed by atoms with Gasteiger partial charge in [0, 0.05) is 25.5 Å². The van der Waals surface area contributed by atoms with Crippen LogP contribution in [0.25, 0.3) is 0 Å². The molecular weight excluding hydrogens is 304 g/mol. The van der Waals surface area contributed by atoms with E-state index in [0.717, 1.165) is 31.0 Å². The lowest BCUT2D eigenvalue weighted by molar-refractivity contribution is 0.0970. The number of pyridine rings is 2. The molecule has 0 aromatic carbocycles. The predicted octanol–water partition coefficient (Wildman–Crippen LogP) is 2.50. The smallest absolute Gasteiger partial charge is 0.265 e. The first-order valence-corrected chi connectivity index (χ1v) is 8.30. The molecule has 0 saturated carbocycles. The normalized spacial score (nSPS) is 18.7. The molecule has 1 unspecified atom stereocenters. The second-order valence-electron chi connectivity index (χ2n) is 6.43. The van der Waals surface area contributed by atoms with Crippen LogP contribution in [0.1, 0.15) is 30.6 Å². The number of anilines is 2. The molecule has 0 spiro atoms. The molecule has 1 atom stereocenters. The zero-order valence-corrected chi connectivity index (χ0v) is 13.8. The molecule has 2 aliphatic heterocycles. The summed E-state index contributed by atoms with van der Waals surface area (Å²) in [6.07, 6.45) is 4.29. The third-order valence-electron chi connectivity index (χ3n) is 4.43. The Morgan fingerprint density at radius 2 is 2.04 bits per heavy atom. The zero-order chi connectivity index (χ0) is 16.7. The first-order valence-electron chi connectivity index (χ1n) is 8.30. The Morgan fingerprint density at radius 1 is 1.25 bits per heavy atom. The summed E-state index contributed by atoms with van der Waals surface area (Å²) in [5.41, 5.74) is 1.51. The minimum Gasteiger partial charge on any atom is -0.474 e. The number of nitrogens with zero attached hydrogens (tertiary/aromatic N) is 4. The molecule has 0 aliphatic carbocycles. The van der Waals surface area contributed by atoms with Crippen LogP contribution in [-0.4, -0.2) is 41.1 Å². The van der Waals surface area contributed by atoms with E-state index in [9.17, 15) is 4.79 Å². The van der Waals surface area contributed by atoms with Gasteiger partial charge in [-0.3, -0.25) is 9.69 Å². The van der Waals surface area contributed by atoms with Gasteiger partial charge in [-0.1, -0.05) is 0 Å². The summed E-state index contributed by atoms with van der Waals surface area (Å²) >= 11 is 0. The lowest BCUT2D eigenvalue weighted by atomic mass is 10.1. The maximum atomic E-state index is 13.3. The number of amides is 1. The zero-order valence-electron chi connectivity index (χ0n) is 13.8. The van der Waals surface area contributed by atoms with Gasteiger partial charge in [0.1, 0.15) is 5.56 Å². The Labute approximate surface area is 141 Å². The molecule has 1 saturated heterocycles. The summed E-state index contributed by atoms with van der Waals surface area (Å²) in [5, 5.41) is 0. The molecule has 1 fully saturated rings. The van der Waals surface area contributed by atoms with E-state index in [-0.39, 0.29) is 18.1 Å². The van der Waals surface area contributed by atoms with Crippen molar-refractivity contribution in [1.82, 2.24) is 9.97 Å². The number of aromatic nitrogens is 2. The van der Waals surface area contributed by atoms with Crippen molar-refractivity contribution in [2.45, 2.75) is 32.4 Å². The fraction of sp³-hybridized carbons (Fsp3) is 0.389. The molecule has 2 aromatic rings. The molecule has 6 heteroatoms. The third kappa shape index (κ3) is 2.38. The summed E-state index contributed by atoms with van der Waals surface area (Å²) < 4.78 is 5.74. The van der Waals surface area contributed by atoms with Crippen molar-refractivity contribution in [2.75, 3.05) is 22.9 Å². The van der Waals surface area contributed by atoms with Crippen LogP contribution in [0.5, 0.6) is 5.88 Å². The van der Waals surface area contributed by atoms with Crippen molar-refractivity contribution in [1.29, 1.82) is 0 Å². The van der Waals surface area contributed by atoms with Crippen LogP contribution in [0.4, 0.5) is 11.5 Å². The number of carbonyl (C=O) groups excluding carboxylic acids is 1. The number of ether oxygens (including phenoxy) is 1. The maximum absolute atomic E-state index is 13.3. The largest absolute Gasteiger partial charge is 0.474 e. The summed E-state index contributed by atoms with van der Waals surface area (Å²) in [4.78, 5) is 26.2. The highest BCUT2D eigenvalue weighted by Crippen LogP contribution is 2.39. The Hall–Kier alpha value is -2.63. The molecule has 1 amide bonds. The lowest BCUT2D eigenvalue weighted by Gasteiger charge is -2.35. The predicted molar refractivity (Wildman–Crippen MR) is 91.7 cm³/mol. The Morgan fingerprint density at radius 3 is 2.88 bits per heavy atom. The molecule has 24 heavy (non-hydrogen) atoms. The molecule has 4 rings (SSSR count). The van der Waals surface area contributed by atoms with Crippen molar-refractivity contribution in [3.05, 3.63) is 42.2 Å². The highest BCUT2D eigenvalue weighted by atomic mass is 16.5. The van der Waals surface area contributed by atoms with E-state index >= 15 is 0 Å². The fourth-order valence-electron chi connectivity index (χ4n) is 3.43. The lowest BCUT2D eigenvalue weighted by Crippen LogP contribution is -2.46. The van der Waals surface area contributed by atoms with Gasteiger partial charge in [-0.2, -0.15) is 0 Å². The Kier molecular flexibility index (Phi) is 3.59. The SMILES string of the molecule is CC(C)Oc1ncccc1C(=O)N1c2ncccc2N2CCC1C2. The van der Waals surface area contributed by atoms with Crippen LogP contribution >= 0.6 is 0 Å². The van der Waals surface area contributed by atoms with Crippen molar-refractivity contribution in [3.8, 4) is 5.88 Å². The van der Waals surface area contributed by atoms with Gasteiger partial charge in [0.2, 0.25) is 5.88 Å². The molecule has 6 nitrogen and oxygen atoms in total. The molecule has 4 heterocycles. The summed E-state index contributed by atoms with van der Waals surface area (Å²) in [5.74, 6) is 1.02. The third-order valence-corrected chi connectivity index (χ3v) is 4.43. The van der Waals surface area contributed by atoms with E-state index < -0.39 is 0 Å². The van der Waals surface area contributed by atoms with Gasteiger partial charge >= 0.3 is 0 Å². The highest BCUT2D eigenvalue weighted by Gasteiger charge is 2.40. The van der Waals surface area contributed by atoms with Gasteiger partial charge in [-0.05, 0) is 44.5 Å². The molecular formula is C18H20N4O2. The topological polar surface area (TPSA) is 58.6 Å². The fourth-order valence-corrected chi connectivity index (χ4v) is 3.43. The van der Waals surface area contributed by atoms with Crippen LogP contribution in [0.2, 0.25) is 0 Å². The number of carbonyl (C=O) groups is 1. The number of rotatable bonds is 3. The van der Waals surface area contributed by atoms with Gasteiger partial charge in [0.05, 0.1) is 17.8 Å². The summed E-state index contributed by atoms with van der Waals surface area (Å²) in [6.45, 7) is 5.66. The van der Waals surface area contributed by atoms with Gasteiger partial charge in [0.15, 0.2) is 5.82 Å². The molecule has 2 aliphatic rings. The molecule has 124 valence electrons. The molecule has 2 bridgehead atoms. The van der Waals surface area contributed by atoms with E-state index in [0.29, 0.717) is 11.4 Å². The number of fused-ring (bicyclic) bond motifs is 4. The monoisotopic (exact) mass is 324 g/mol. The first-order chi connectivity index (χ1) is 11.6. The van der Waals surface area contributed by atoms with Gasteiger partial charge < -0.3 is 9.64 Å². The second kappa shape index (κ2) is 5.78. The van der Waals surface area contributed by atoms with E-state index in [1.54, 1.807) is 24.5 Å². The van der Waals surface area contributed by atoms with Gasteiger partial charge in [0.25, 0.3) is 5.91 Å². The van der Waals surface area contributed by atoms with E-state index in [1.807, 2.05) is 30.9 Å². The summed E-state index contributed by atoms with van der Waals surface area (Å²) in [7, 11) is 0. The van der Waals surface area contributed by atoms with E-state index in [2.05, 4.69) is 14.9 Å². The van der Waals surface area contributed by atoms with Crippen LogP contribution < -0.4 is 14.5 Å². The van der Waals surface area contributed by atoms with E-state index in [4.69, 9.17) is 4.74 Å². The quantitative estimate of drug-likeness (QED) is 0.868. The van der Waals surface area contributed by atoms with Crippen molar-refractivity contribution < 1.29 is 9.53 Å². The first kappa shape index (κ1) is 14.9. The Bertz CT molecular complexity index is 777. The average molecular weight is 324 g/mol. The Balaban J connectivity index is 1.76. The highest BCUT2D eigenvalue weighted by molar-refractivity contribution is 6.09. The van der Waals surface area contributed by atoms with E-state index in [1.165, 1.54) is 0 Å². The second-order valence-corrected chi connectivity index (χ2v) is 6.43. The average Bonchev–Trinajstić information content (AvgIpc) is 2.99. The minimum atomic E-state index is -0.0924. The van der Waals surface area contributed by atoms with Crippen molar-refractivity contribution in [2.24, 2.45) is 0 Å². The maximum Gasteiger partial charge on any atom is 0.265 e.